The first-order chi connectivity index (χ1) is 15.1. The van der Waals surface area contributed by atoms with Gasteiger partial charge in [0.05, 0.1) is 17.6 Å². The SMILES string of the molecule is CC1CCCN(C(=O)CSc2ncc(-c3ccc(Cl)cc3)n2CCc2ccccc2)C1. The van der Waals surface area contributed by atoms with Crippen LogP contribution in [0.15, 0.2) is 66.0 Å². The summed E-state index contributed by atoms with van der Waals surface area (Å²) in [4.78, 5) is 19.5. The summed E-state index contributed by atoms with van der Waals surface area (Å²) in [5.41, 5.74) is 3.41. The number of carbonyl (C=O) groups excluding carboxylic acids is 1. The van der Waals surface area contributed by atoms with Crippen molar-refractivity contribution in [1.82, 2.24) is 14.5 Å². The highest BCUT2D eigenvalue weighted by Crippen LogP contribution is 2.28. The zero-order valence-corrected chi connectivity index (χ0v) is 19.4. The molecule has 1 unspecified atom stereocenters. The summed E-state index contributed by atoms with van der Waals surface area (Å²) in [6.45, 7) is 4.78. The Bertz CT molecular complexity index is 1000. The van der Waals surface area contributed by atoms with Gasteiger partial charge in [-0.15, -0.1) is 0 Å². The Morgan fingerprint density at radius 1 is 1.16 bits per heavy atom. The maximum atomic E-state index is 12.8. The number of piperidine rings is 1. The molecule has 1 aromatic heterocycles. The number of amides is 1. The second-order valence-electron chi connectivity index (χ2n) is 8.20. The molecule has 6 heteroatoms. The smallest absolute Gasteiger partial charge is 0.233 e. The molecule has 1 fully saturated rings. The molecule has 3 aromatic rings. The van der Waals surface area contributed by atoms with E-state index in [2.05, 4.69) is 40.7 Å². The zero-order valence-electron chi connectivity index (χ0n) is 17.8. The van der Waals surface area contributed by atoms with Gasteiger partial charge in [0.15, 0.2) is 5.16 Å². The largest absolute Gasteiger partial charge is 0.342 e. The molecule has 0 spiro atoms. The van der Waals surface area contributed by atoms with Crippen molar-refractivity contribution >= 4 is 29.3 Å². The third-order valence-corrected chi connectivity index (χ3v) is 6.99. The van der Waals surface area contributed by atoms with Gasteiger partial charge in [0.25, 0.3) is 0 Å². The lowest BCUT2D eigenvalue weighted by Crippen LogP contribution is -2.40. The Labute approximate surface area is 193 Å². The van der Waals surface area contributed by atoms with Crippen molar-refractivity contribution in [3.63, 3.8) is 0 Å². The minimum Gasteiger partial charge on any atom is -0.342 e. The Balaban J connectivity index is 1.51. The minimum atomic E-state index is 0.210. The van der Waals surface area contributed by atoms with Crippen molar-refractivity contribution < 1.29 is 4.79 Å². The van der Waals surface area contributed by atoms with Gasteiger partial charge in [-0.1, -0.05) is 72.8 Å². The van der Waals surface area contributed by atoms with Crippen LogP contribution in [0.3, 0.4) is 0 Å². The first-order valence-corrected chi connectivity index (χ1v) is 12.2. The normalized spacial score (nSPS) is 16.5. The van der Waals surface area contributed by atoms with Gasteiger partial charge in [-0.25, -0.2) is 4.98 Å². The van der Waals surface area contributed by atoms with Gasteiger partial charge in [-0.2, -0.15) is 0 Å². The summed E-state index contributed by atoms with van der Waals surface area (Å²) in [5, 5.41) is 1.61. The van der Waals surface area contributed by atoms with Crippen LogP contribution in [0.2, 0.25) is 5.02 Å². The van der Waals surface area contributed by atoms with Crippen LogP contribution in [0.5, 0.6) is 0 Å². The number of rotatable bonds is 7. The van der Waals surface area contributed by atoms with Gasteiger partial charge in [0.2, 0.25) is 5.91 Å². The fraction of sp³-hybridized carbons (Fsp3) is 0.360. The second kappa shape index (κ2) is 10.4. The summed E-state index contributed by atoms with van der Waals surface area (Å²) in [7, 11) is 0. The number of carbonyl (C=O) groups is 1. The van der Waals surface area contributed by atoms with Crippen molar-refractivity contribution in [2.75, 3.05) is 18.8 Å². The van der Waals surface area contributed by atoms with Gasteiger partial charge >= 0.3 is 0 Å². The zero-order chi connectivity index (χ0) is 21.6. The van der Waals surface area contributed by atoms with Crippen LogP contribution in [-0.4, -0.2) is 39.2 Å². The lowest BCUT2D eigenvalue weighted by molar-refractivity contribution is -0.130. The quantitative estimate of drug-likeness (QED) is 0.424. The van der Waals surface area contributed by atoms with Gasteiger partial charge in [0.1, 0.15) is 0 Å². The molecule has 4 nitrogen and oxygen atoms in total. The molecule has 31 heavy (non-hydrogen) atoms. The third kappa shape index (κ3) is 5.72. The van der Waals surface area contributed by atoms with E-state index in [1.807, 2.05) is 41.4 Å². The molecule has 2 heterocycles. The van der Waals surface area contributed by atoms with E-state index in [0.717, 1.165) is 53.9 Å². The number of imidazole rings is 1. The molecule has 1 aliphatic heterocycles. The van der Waals surface area contributed by atoms with E-state index in [1.165, 1.54) is 23.7 Å². The second-order valence-corrected chi connectivity index (χ2v) is 9.57. The third-order valence-electron chi connectivity index (χ3n) is 5.76. The van der Waals surface area contributed by atoms with Crippen LogP contribution < -0.4 is 0 Å². The summed E-state index contributed by atoms with van der Waals surface area (Å²) in [6, 6.07) is 18.3. The van der Waals surface area contributed by atoms with E-state index in [1.54, 1.807) is 0 Å². The first kappa shape index (κ1) is 22.0. The van der Waals surface area contributed by atoms with Crippen LogP contribution >= 0.6 is 23.4 Å². The van der Waals surface area contributed by atoms with Gasteiger partial charge < -0.3 is 9.47 Å². The van der Waals surface area contributed by atoms with E-state index < -0.39 is 0 Å². The van der Waals surface area contributed by atoms with Crippen molar-refractivity contribution in [3.8, 4) is 11.3 Å². The van der Waals surface area contributed by atoms with Crippen molar-refractivity contribution in [3.05, 3.63) is 71.4 Å². The Morgan fingerprint density at radius 2 is 1.94 bits per heavy atom. The van der Waals surface area contributed by atoms with Crippen LogP contribution in [0.4, 0.5) is 0 Å². The Morgan fingerprint density at radius 3 is 2.68 bits per heavy atom. The molecule has 0 saturated carbocycles. The molecule has 0 bridgehead atoms. The topological polar surface area (TPSA) is 38.1 Å². The number of likely N-dealkylation sites (tertiary alicyclic amines) is 1. The predicted octanol–water partition coefficient (Wildman–Crippen LogP) is 5.80. The molecule has 1 aliphatic rings. The lowest BCUT2D eigenvalue weighted by Gasteiger charge is -2.30. The summed E-state index contributed by atoms with van der Waals surface area (Å²) in [5.74, 6) is 1.23. The number of halogens is 1. The highest BCUT2D eigenvalue weighted by atomic mass is 35.5. The number of aryl methyl sites for hydroxylation is 1. The molecule has 0 N–H and O–H groups in total. The monoisotopic (exact) mass is 453 g/mol. The van der Waals surface area contributed by atoms with E-state index in [9.17, 15) is 4.79 Å². The Hall–Kier alpha value is -2.24. The highest BCUT2D eigenvalue weighted by molar-refractivity contribution is 7.99. The van der Waals surface area contributed by atoms with E-state index in [0.29, 0.717) is 11.7 Å². The van der Waals surface area contributed by atoms with Crippen LogP contribution in [0, 0.1) is 5.92 Å². The van der Waals surface area contributed by atoms with Crippen molar-refractivity contribution in [2.24, 2.45) is 5.92 Å². The molecule has 2 aromatic carbocycles. The highest BCUT2D eigenvalue weighted by Gasteiger charge is 2.22. The van der Waals surface area contributed by atoms with Gasteiger partial charge in [-0.3, -0.25) is 4.79 Å². The van der Waals surface area contributed by atoms with Gasteiger partial charge in [0, 0.05) is 24.7 Å². The summed E-state index contributed by atoms with van der Waals surface area (Å²) in [6.07, 6.45) is 5.13. The fourth-order valence-corrected chi connectivity index (χ4v) is 5.09. The van der Waals surface area contributed by atoms with E-state index >= 15 is 0 Å². The lowest BCUT2D eigenvalue weighted by atomic mass is 10.0. The molecule has 1 amide bonds. The van der Waals surface area contributed by atoms with Crippen LogP contribution in [0.1, 0.15) is 25.3 Å². The number of thioether (sulfide) groups is 1. The van der Waals surface area contributed by atoms with Crippen molar-refractivity contribution in [2.45, 2.75) is 37.9 Å². The first-order valence-electron chi connectivity index (χ1n) is 10.9. The van der Waals surface area contributed by atoms with E-state index in [4.69, 9.17) is 11.6 Å². The molecular formula is C25H28ClN3OS. The van der Waals surface area contributed by atoms with Gasteiger partial charge in [-0.05, 0) is 48.4 Å². The minimum absolute atomic E-state index is 0.210. The summed E-state index contributed by atoms with van der Waals surface area (Å²) >= 11 is 7.62. The molecule has 1 saturated heterocycles. The Kier molecular flexibility index (Phi) is 7.36. The number of benzene rings is 2. The molecular weight excluding hydrogens is 426 g/mol. The van der Waals surface area contributed by atoms with Crippen LogP contribution in [0.25, 0.3) is 11.3 Å². The number of nitrogens with zero attached hydrogens (tertiary/aromatic N) is 3. The molecule has 0 aliphatic carbocycles. The molecule has 0 radical (unpaired) electrons. The standard InChI is InChI=1S/C25H28ClN3OS/c1-19-6-5-14-28(17-19)24(30)18-31-25-27-16-23(21-9-11-22(26)12-10-21)29(25)15-13-20-7-3-2-4-8-20/h2-4,7-12,16,19H,5-6,13-15,17-18H2,1H3. The fourth-order valence-electron chi connectivity index (χ4n) is 4.06. The average molecular weight is 454 g/mol. The van der Waals surface area contributed by atoms with Crippen LogP contribution in [-0.2, 0) is 17.8 Å². The maximum Gasteiger partial charge on any atom is 0.233 e. The molecule has 1 atom stereocenters. The van der Waals surface area contributed by atoms with Crippen molar-refractivity contribution in [1.29, 1.82) is 0 Å². The number of hydrogen-bond acceptors (Lipinski definition) is 3. The maximum absolute atomic E-state index is 12.8. The number of hydrogen-bond donors (Lipinski definition) is 0. The predicted molar refractivity (Wildman–Crippen MR) is 129 cm³/mol. The molecule has 4 rings (SSSR count). The summed E-state index contributed by atoms with van der Waals surface area (Å²) < 4.78 is 2.23. The average Bonchev–Trinajstić information content (AvgIpc) is 3.20. The molecule has 162 valence electrons. The van der Waals surface area contributed by atoms with E-state index in [-0.39, 0.29) is 5.91 Å². The number of aromatic nitrogens is 2.